The van der Waals surface area contributed by atoms with E-state index in [0.717, 1.165) is 27.7 Å². The average Bonchev–Trinajstić information content (AvgIpc) is 3.58. The molecule has 1 fully saturated rings. The molecule has 1 aliphatic rings. The zero-order valence-corrected chi connectivity index (χ0v) is 22.8. The molecule has 206 valence electrons. The Hall–Kier alpha value is -3.25. The fourth-order valence-electron chi connectivity index (χ4n) is 5.14. The van der Waals surface area contributed by atoms with Crippen LogP contribution in [0, 0.1) is 13.8 Å². The summed E-state index contributed by atoms with van der Waals surface area (Å²) < 4.78 is 46.0. The smallest absolute Gasteiger partial charge is 0.326 e. The largest absolute Gasteiger partial charge is 0.408 e. The molecule has 4 aromatic heterocycles. The molecular formula is C26H27Cl2F3N8. The Labute approximate surface area is 234 Å². The quantitative estimate of drug-likeness (QED) is 0.314. The second-order valence-electron chi connectivity index (χ2n) is 9.64. The van der Waals surface area contributed by atoms with Crippen LogP contribution >= 0.6 is 24.8 Å². The Morgan fingerprint density at radius 3 is 2.44 bits per heavy atom. The van der Waals surface area contributed by atoms with Crippen LogP contribution < -0.4 is 5.73 Å². The van der Waals surface area contributed by atoms with E-state index in [9.17, 15) is 13.2 Å². The predicted molar refractivity (Wildman–Crippen MR) is 148 cm³/mol. The molecule has 5 heterocycles. The first-order valence-electron chi connectivity index (χ1n) is 12.0. The highest BCUT2D eigenvalue weighted by Gasteiger charge is 2.46. The van der Waals surface area contributed by atoms with Crippen LogP contribution in [0.15, 0.2) is 55.0 Å². The number of halogens is 5. The van der Waals surface area contributed by atoms with Crippen LogP contribution in [0.4, 0.5) is 13.2 Å². The van der Waals surface area contributed by atoms with Gasteiger partial charge in [0.1, 0.15) is 11.7 Å². The van der Waals surface area contributed by atoms with E-state index in [2.05, 4.69) is 15.3 Å². The summed E-state index contributed by atoms with van der Waals surface area (Å²) >= 11 is 0. The van der Waals surface area contributed by atoms with Gasteiger partial charge in [-0.05, 0) is 49.6 Å². The van der Waals surface area contributed by atoms with Gasteiger partial charge in [0, 0.05) is 42.5 Å². The molecule has 39 heavy (non-hydrogen) atoms. The van der Waals surface area contributed by atoms with Crippen molar-refractivity contribution in [1.29, 1.82) is 0 Å². The number of hydrogen-bond donors (Lipinski definition) is 1. The Morgan fingerprint density at radius 1 is 1.00 bits per heavy atom. The van der Waals surface area contributed by atoms with Gasteiger partial charge < -0.3 is 5.73 Å². The summed E-state index contributed by atoms with van der Waals surface area (Å²) in [6.45, 7) is 4.44. The first kappa shape index (κ1) is 28.8. The number of nitrogens with two attached hydrogens (primary N) is 1. The molecule has 1 aromatic carbocycles. The van der Waals surface area contributed by atoms with Crippen molar-refractivity contribution < 1.29 is 13.2 Å². The Bertz CT molecular complexity index is 1630. The topological polar surface area (TPSA) is 90.2 Å². The molecule has 6 rings (SSSR count). The fourth-order valence-corrected chi connectivity index (χ4v) is 5.14. The number of fused-ring (bicyclic) bond motifs is 2. The molecule has 0 amide bonds. The van der Waals surface area contributed by atoms with Crippen molar-refractivity contribution in [2.24, 2.45) is 5.73 Å². The Balaban J connectivity index is 0.00000176. The van der Waals surface area contributed by atoms with Crippen LogP contribution in [0.25, 0.3) is 33.8 Å². The van der Waals surface area contributed by atoms with Crippen molar-refractivity contribution in [3.05, 3.63) is 71.7 Å². The van der Waals surface area contributed by atoms with E-state index in [1.54, 1.807) is 21.3 Å². The standard InChI is InChI=1S/C26H25F3N8.2ClH/c1-15-11-31-37(12-15)21-7-4-17-3-6-20(32-23(17)16(21)2)25-34-33-22-8-5-18(13-36(22)25)24(26(27,28)29)35-10-9-19(30)14-35;;/h3-8,11-13,19,24H,9-10,14,30H2,1-2H3;2*1H/t19?,24-;;/m1../s1. The summed E-state index contributed by atoms with van der Waals surface area (Å²) in [6, 6.07) is 8.71. The molecule has 13 heteroatoms. The molecule has 2 atom stereocenters. The van der Waals surface area contributed by atoms with Crippen molar-refractivity contribution >= 4 is 41.4 Å². The van der Waals surface area contributed by atoms with Crippen LogP contribution in [-0.4, -0.2) is 59.6 Å². The molecule has 1 saturated heterocycles. The lowest BCUT2D eigenvalue weighted by atomic mass is 10.1. The molecule has 0 radical (unpaired) electrons. The van der Waals surface area contributed by atoms with Gasteiger partial charge in [-0.2, -0.15) is 18.3 Å². The third-order valence-corrected chi connectivity index (χ3v) is 6.95. The number of nitrogens with zero attached hydrogens (tertiary/aromatic N) is 7. The summed E-state index contributed by atoms with van der Waals surface area (Å²) in [4.78, 5) is 6.25. The maximum Gasteiger partial charge on any atom is 0.408 e. The van der Waals surface area contributed by atoms with Crippen LogP contribution in [0.5, 0.6) is 0 Å². The normalized spacial score (nSPS) is 16.8. The molecule has 8 nitrogen and oxygen atoms in total. The molecule has 0 bridgehead atoms. The maximum atomic E-state index is 14.2. The lowest BCUT2D eigenvalue weighted by molar-refractivity contribution is -0.183. The van der Waals surface area contributed by atoms with Gasteiger partial charge in [-0.15, -0.1) is 35.0 Å². The van der Waals surface area contributed by atoms with E-state index in [1.165, 1.54) is 17.2 Å². The van der Waals surface area contributed by atoms with Crippen LogP contribution in [-0.2, 0) is 0 Å². The van der Waals surface area contributed by atoms with E-state index in [4.69, 9.17) is 10.7 Å². The molecule has 5 aromatic rings. The van der Waals surface area contributed by atoms with E-state index < -0.39 is 12.2 Å². The highest BCUT2D eigenvalue weighted by Crippen LogP contribution is 2.39. The number of benzene rings is 1. The van der Waals surface area contributed by atoms with Crippen molar-refractivity contribution in [3.8, 4) is 17.2 Å². The number of likely N-dealkylation sites (tertiary alicyclic amines) is 1. The van der Waals surface area contributed by atoms with Gasteiger partial charge in [-0.1, -0.05) is 18.2 Å². The zero-order valence-electron chi connectivity index (χ0n) is 21.1. The highest BCUT2D eigenvalue weighted by molar-refractivity contribution is 5.86. The zero-order chi connectivity index (χ0) is 25.9. The Morgan fingerprint density at radius 2 is 1.77 bits per heavy atom. The van der Waals surface area contributed by atoms with E-state index in [1.807, 2.05) is 44.3 Å². The third kappa shape index (κ3) is 5.19. The minimum atomic E-state index is -4.45. The van der Waals surface area contributed by atoms with Crippen LogP contribution in [0.3, 0.4) is 0 Å². The summed E-state index contributed by atoms with van der Waals surface area (Å²) in [5.74, 6) is 0.373. The van der Waals surface area contributed by atoms with Gasteiger partial charge in [0.2, 0.25) is 0 Å². The minimum absolute atomic E-state index is 0. The first-order valence-corrected chi connectivity index (χ1v) is 12.0. The second-order valence-corrected chi connectivity index (χ2v) is 9.64. The second kappa shape index (κ2) is 10.7. The maximum absolute atomic E-state index is 14.2. The Kier molecular flexibility index (Phi) is 7.91. The molecule has 0 saturated carbocycles. The van der Waals surface area contributed by atoms with Crippen LogP contribution in [0.1, 0.15) is 29.2 Å². The number of hydrogen-bond acceptors (Lipinski definition) is 6. The molecule has 1 aliphatic heterocycles. The third-order valence-electron chi connectivity index (χ3n) is 6.95. The van der Waals surface area contributed by atoms with Gasteiger partial charge >= 0.3 is 6.18 Å². The van der Waals surface area contributed by atoms with Crippen molar-refractivity contribution in [2.45, 2.75) is 38.5 Å². The van der Waals surface area contributed by atoms with Crippen LogP contribution in [0.2, 0.25) is 0 Å². The molecule has 0 aliphatic carbocycles. The number of aromatic nitrogens is 6. The van der Waals surface area contributed by atoms with E-state index >= 15 is 0 Å². The van der Waals surface area contributed by atoms with Gasteiger partial charge in [0.05, 0.1) is 17.4 Å². The summed E-state index contributed by atoms with van der Waals surface area (Å²) in [6.07, 6.45) is 1.28. The lowest BCUT2D eigenvalue weighted by Crippen LogP contribution is -2.38. The van der Waals surface area contributed by atoms with E-state index in [-0.39, 0.29) is 43.0 Å². The molecule has 0 spiro atoms. The monoisotopic (exact) mass is 578 g/mol. The molecule has 1 unspecified atom stereocenters. The van der Waals surface area contributed by atoms with Crippen molar-refractivity contribution in [3.63, 3.8) is 0 Å². The summed E-state index contributed by atoms with van der Waals surface area (Å²) in [5, 5.41) is 13.8. The van der Waals surface area contributed by atoms with Gasteiger partial charge in [-0.25, -0.2) is 9.67 Å². The van der Waals surface area contributed by atoms with E-state index in [0.29, 0.717) is 30.1 Å². The van der Waals surface area contributed by atoms with Gasteiger partial charge in [0.25, 0.3) is 0 Å². The van der Waals surface area contributed by atoms with Crippen molar-refractivity contribution in [2.75, 3.05) is 13.1 Å². The first-order chi connectivity index (χ1) is 17.7. The minimum Gasteiger partial charge on any atom is -0.326 e. The lowest BCUT2D eigenvalue weighted by Gasteiger charge is -2.30. The average molecular weight is 579 g/mol. The summed E-state index contributed by atoms with van der Waals surface area (Å²) in [5.41, 5.74) is 10.6. The number of rotatable bonds is 4. The highest BCUT2D eigenvalue weighted by atomic mass is 35.5. The fraction of sp³-hybridized carbons (Fsp3) is 0.308. The van der Waals surface area contributed by atoms with Gasteiger partial charge in [0.15, 0.2) is 11.5 Å². The number of alkyl halides is 3. The van der Waals surface area contributed by atoms with Crippen molar-refractivity contribution in [1.82, 2.24) is 34.3 Å². The number of pyridine rings is 2. The SMILES string of the molecule is Cc1cnn(-c2ccc3ccc(-c4nnc5ccc([C@@H](N6CCC(N)C6)C(F)(F)F)cn45)nc3c2C)c1.Cl.Cl. The summed E-state index contributed by atoms with van der Waals surface area (Å²) in [7, 11) is 0. The molecule has 2 N–H and O–H groups in total. The number of aryl methyl sites for hydroxylation is 2. The predicted octanol–water partition coefficient (Wildman–Crippen LogP) is 5.23. The van der Waals surface area contributed by atoms with Gasteiger partial charge in [-0.3, -0.25) is 9.30 Å². The molecular weight excluding hydrogens is 552 g/mol.